The van der Waals surface area contributed by atoms with Crippen molar-refractivity contribution < 1.29 is 4.79 Å². The summed E-state index contributed by atoms with van der Waals surface area (Å²) in [5.74, 6) is 0.897. The van der Waals surface area contributed by atoms with E-state index >= 15 is 0 Å². The predicted octanol–water partition coefficient (Wildman–Crippen LogP) is 1.86. The summed E-state index contributed by atoms with van der Waals surface area (Å²) in [6, 6.07) is 5.49. The van der Waals surface area contributed by atoms with Gasteiger partial charge in [-0.05, 0) is 49.8 Å². The van der Waals surface area contributed by atoms with Crippen LogP contribution in [-0.2, 0) is 0 Å². The summed E-state index contributed by atoms with van der Waals surface area (Å²) in [5.41, 5.74) is 8.31. The molecule has 0 aromatic heterocycles. The molecule has 3 fully saturated rings. The molecular weight excluding hydrogens is 200 g/mol. The van der Waals surface area contributed by atoms with E-state index in [2.05, 4.69) is 5.32 Å². The molecule has 3 nitrogen and oxygen atoms in total. The van der Waals surface area contributed by atoms with Crippen LogP contribution in [0.4, 0.5) is 5.69 Å². The predicted molar refractivity (Wildman–Crippen MR) is 63.1 cm³/mol. The first-order valence-corrected chi connectivity index (χ1v) is 5.77. The van der Waals surface area contributed by atoms with E-state index in [9.17, 15) is 4.79 Å². The number of carbonyl (C=O) groups excluding carboxylic acids is 1. The number of hydrogen-bond acceptors (Lipinski definition) is 2. The number of amides is 1. The van der Waals surface area contributed by atoms with E-state index in [-0.39, 0.29) is 11.4 Å². The highest BCUT2D eigenvalue weighted by atomic mass is 16.1. The molecule has 0 atom stereocenters. The summed E-state index contributed by atoms with van der Waals surface area (Å²) in [7, 11) is 0. The van der Waals surface area contributed by atoms with Crippen molar-refractivity contribution >= 4 is 11.6 Å². The lowest BCUT2D eigenvalue weighted by molar-refractivity contribution is -0.0438. The van der Waals surface area contributed by atoms with Crippen LogP contribution in [0.2, 0.25) is 0 Å². The van der Waals surface area contributed by atoms with Crippen LogP contribution in [0.15, 0.2) is 18.2 Å². The molecule has 0 unspecified atom stereocenters. The molecule has 84 valence electrons. The number of nitrogens with two attached hydrogens (primary N) is 1. The van der Waals surface area contributed by atoms with Gasteiger partial charge in [-0.25, -0.2) is 0 Å². The van der Waals surface area contributed by atoms with Crippen molar-refractivity contribution in [2.24, 2.45) is 5.92 Å². The Balaban J connectivity index is 1.75. The van der Waals surface area contributed by atoms with Crippen molar-refractivity contribution in [1.29, 1.82) is 0 Å². The van der Waals surface area contributed by atoms with Crippen LogP contribution < -0.4 is 11.1 Å². The van der Waals surface area contributed by atoms with Gasteiger partial charge in [-0.2, -0.15) is 0 Å². The SMILES string of the molecule is Cc1ccc(C(=O)NC23CC(C2)C3)cc1N. The molecule has 1 aromatic rings. The van der Waals surface area contributed by atoms with Gasteiger partial charge in [0.1, 0.15) is 0 Å². The van der Waals surface area contributed by atoms with E-state index in [1.807, 2.05) is 19.1 Å². The lowest BCUT2D eigenvalue weighted by Crippen LogP contribution is -2.68. The van der Waals surface area contributed by atoms with Crippen LogP contribution in [0.25, 0.3) is 0 Å². The highest BCUT2D eigenvalue weighted by Crippen LogP contribution is 2.56. The Morgan fingerprint density at radius 3 is 2.62 bits per heavy atom. The molecule has 1 aromatic carbocycles. The van der Waals surface area contributed by atoms with Crippen LogP contribution >= 0.6 is 0 Å². The smallest absolute Gasteiger partial charge is 0.251 e. The molecule has 4 rings (SSSR count). The molecule has 0 heterocycles. The zero-order chi connectivity index (χ0) is 11.3. The number of carbonyl (C=O) groups is 1. The fourth-order valence-electron chi connectivity index (χ4n) is 2.73. The standard InChI is InChI=1S/C13H16N2O/c1-8-2-3-10(4-11(8)14)12(16)15-13-5-9(6-13)7-13/h2-4,9H,5-7,14H2,1H3,(H,15,16). The Hall–Kier alpha value is -1.51. The van der Waals surface area contributed by atoms with E-state index < -0.39 is 0 Å². The van der Waals surface area contributed by atoms with E-state index in [1.54, 1.807) is 6.07 Å². The molecule has 3 aliphatic carbocycles. The summed E-state index contributed by atoms with van der Waals surface area (Å²) in [6.45, 7) is 1.94. The average Bonchev–Trinajstić information content (AvgIpc) is 2.13. The number of benzene rings is 1. The van der Waals surface area contributed by atoms with Gasteiger partial charge in [0.05, 0.1) is 0 Å². The van der Waals surface area contributed by atoms with Crippen molar-refractivity contribution in [3.8, 4) is 0 Å². The number of aryl methyl sites for hydroxylation is 1. The normalized spacial score (nSPS) is 30.2. The Morgan fingerprint density at radius 1 is 1.44 bits per heavy atom. The first kappa shape index (κ1) is 9.70. The maximum Gasteiger partial charge on any atom is 0.251 e. The minimum atomic E-state index is 0.0184. The van der Waals surface area contributed by atoms with Crippen LogP contribution in [-0.4, -0.2) is 11.4 Å². The van der Waals surface area contributed by atoms with Gasteiger partial charge in [-0.3, -0.25) is 4.79 Å². The Bertz CT molecular complexity index is 450. The van der Waals surface area contributed by atoms with Crippen molar-refractivity contribution in [2.45, 2.75) is 31.7 Å². The number of nitrogens with one attached hydrogen (secondary N) is 1. The minimum absolute atomic E-state index is 0.0184. The van der Waals surface area contributed by atoms with E-state index in [0.717, 1.165) is 11.5 Å². The summed E-state index contributed by atoms with van der Waals surface area (Å²) in [6.07, 6.45) is 3.50. The van der Waals surface area contributed by atoms with Gasteiger partial charge >= 0.3 is 0 Å². The first-order chi connectivity index (χ1) is 7.58. The number of nitrogen functional groups attached to an aromatic ring is 1. The molecule has 0 radical (unpaired) electrons. The third-order valence-corrected chi connectivity index (χ3v) is 3.96. The second kappa shape index (κ2) is 3.00. The van der Waals surface area contributed by atoms with E-state index in [0.29, 0.717) is 11.3 Å². The summed E-state index contributed by atoms with van der Waals surface area (Å²) in [5, 5.41) is 3.13. The van der Waals surface area contributed by atoms with Crippen molar-refractivity contribution in [1.82, 2.24) is 5.32 Å². The van der Waals surface area contributed by atoms with Crippen molar-refractivity contribution in [3.63, 3.8) is 0 Å². The maximum atomic E-state index is 12.0. The van der Waals surface area contributed by atoms with Gasteiger partial charge in [0.2, 0.25) is 0 Å². The molecule has 3 N–H and O–H groups in total. The molecule has 0 spiro atoms. The van der Waals surface area contributed by atoms with Gasteiger partial charge in [0, 0.05) is 16.8 Å². The maximum absolute atomic E-state index is 12.0. The van der Waals surface area contributed by atoms with Gasteiger partial charge in [-0.15, -0.1) is 0 Å². The topological polar surface area (TPSA) is 55.1 Å². The van der Waals surface area contributed by atoms with Gasteiger partial charge in [-0.1, -0.05) is 6.07 Å². The summed E-state index contributed by atoms with van der Waals surface area (Å²) >= 11 is 0. The number of rotatable bonds is 2. The highest BCUT2D eigenvalue weighted by molar-refractivity contribution is 5.96. The van der Waals surface area contributed by atoms with E-state index in [1.165, 1.54) is 19.3 Å². The fourth-order valence-corrected chi connectivity index (χ4v) is 2.73. The largest absolute Gasteiger partial charge is 0.398 e. The van der Waals surface area contributed by atoms with E-state index in [4.69, 9.17) is 5.73 Å². The lowest BCUT2D eigenvalue weighted by Gasteiger charge is -2.61. The van der Waals surface area contributed by atoms with Crippen molar-refractivity contribution in [2.75, 3.05) is 5.73 Å². The lowest BCUT2D eigenvalue weighted by atomic mass is 9.50. The molecular formula is C13H16N2O. The van der Waals surface area contributed by atoms with Crippen LogP contribution in [0.3, 0.4) is 0 Å². The fraction of sp³-hybridized carbons (Fsp3) is 0.462. The second-order valence-corrected chi connectivity index (χ2v) is 5.28. The Morgan fingerprint density at radius 2 is 2.12 bits per heavy atom. The average molecular weight is 216 g/mol. The van der Waals surface area contributed by atoms with Gasteiger partial charge in [0.25, 0.3) is 5.91 Å². The molecule has 1 amide bonds. The molecule has 3 aliphatic rings. The third-order valence-electron chi connectivity index (χ3n) is 3.96. The molecule has 3 saturated carbocycles. The summed E-state index contributed by atoms with van der Waals surface area (Å²) < 4.78 is 0. The summed E-state index contributed by atoms with van der Waals surface area (Å²) in [4.78, 5) is 12.0. The quantitative estimate of drug-likeness (QED) is 0.741. The zero-order valence-electron chi connectivity index (χ0n) is 9.42. The monoisotopic (exact) mass is 216 g/mol. The van der Waals surface area contributed by atoms with Crippen LogP contribution in [0.1, 0.15) is 35.2 Å². The second-order valence-electron chi connectivity index (χ2n) is 5.28. The third kappa shape index (κ3) is 1.31. The van der Waals surface area contributed by atoms with Gasteiger partial charge < -0.3 is 11.1 Å². The first-order valence-electron chi connectivity index (χ1n) is 5.77. The van der Waals surface area contributed by atoms with Gasteiger partial charge in [0.15, 0.2) is 0 Å². The molecule has 3 heteroatoms. The molecule has 16 heavy (non-hydrogen) atoms. The minimum Gasteiger partial charge on any atom is -0.398 e. The number of hydrogen-bond donors (Lipinski definition) is 2. The van der Waals surface area contributed by atoms with Crippen LogP contribution in [0.5, 0.6) is 0 Å². The number of anilines is 1. The zero-order valence-corrected chi connectivity index (χ0v) is 9.42. The molecule has 0 saturated heterocycles. The van der Waals surface area contributed by atoms with Crippen molar-refractivity contribution in [3.05, 3.63) is 29.3 Å². The Labute approximate surface area is 95.0 Å². The highest BCUT2D eigenvalue weighted by Gasteiger charge is 2.57. The molecule has 2 bridgehead atoms. The Kier molecular flexibility index (Phi) is 1.82. The van der Waals surface area contributed by atoms with Crippen LogP contribution in [0, 0.1) is 12.8 Å². The molecule has 0 aliphatic heterocycles.